The van der Waals surface area contributed by atoms with E-state index < -0.39 is 11.2 Å². The molecule has 1 aromatic carbocycles. The summed E-state index contributed by atoms with van der Waals surface area (Å²) in [5.74, 6) is -1.33. The van der Waals surface area contributed by atoms with Gasteiger partial charge in [-0.05, 0) is 26.0 Å². The number of rotatable bonds is 5. The van der Waals surface area contributed by atoms with E-state index in [2.05, 4.69) is 0 Å². The molecule has 0 spiro atoms. The molecule has 1 unspecified atom stereocenters. The molecule has 1 N–H and O–H groups in total. The summed E-state index contributed by atoms with van der Waals surface area (Å²) in [7, 11) is 0. The number of esters is 1. The second kappa shape index (κ2) is 6.30. The van der Waals surface area contributed by atoms with Crippen molar-refractivity contribution in [1.29, 1.82) is 0 Å². The zero-order chi connectivity index (χ0) is 12.8. The maximum Gasteiger partial charge on any atom is 0.336 e. The van der Waals surface area contributed by atoms with Gasteiger partial charge in [-0.1, -0.05) is 12.1 Å². The van der Waals surface area contributed by atoms with Crippen LogP contribution in [-0.4, -0.2) is 28.9 Å². The van der Waals surface area contributed by atoms with Crippen molar-refractivity contribution in [2.75, 3.05) is 6.61 Å². The molecule has 0 saturated carbocycles. The van der Waals surface area contributed by atoms with Crippen LogP contribution in [0.25, 0.3) is 0 Å². The Labute approximate surface area is 104 Å². The van der Waals surface area contributed by atoms with E-state index in [1.54, 1.807) is 32.0 Å². The van der Waals surface area contributed by atoms with Gasteiger partial charge >= 0.3 is 11.9 Å². The number of hydrogen-bond acceptors (Lipinski definition) is 4. The molecule has 0 aromatic heterocycles. The summed E-state index contributed by atoms with van der Waals surface area (Å²) in [4.78, 5) is 23.0. The number of carbonyl (C=O) groups is 2. The molecule has 0 aliphatic rings. The number of carboxylic acids is 1. The number of carbonyl (C=O) groups excluding carboxylic acids is 1. The molecule has 0 aliphatic heterocycles. The summed E-state index contributed by atoms with van der Waals surface area (Å²) in [6.45, 7) is 3.76. The molecule has 1 rings (SSSR count). The zero-order valence-electron chi connectivity index (χ0n) is 9.67. The van der Waals surface area contributed by atoms with E-state index in [0.717, 1.165) is 0 Å². The zero-order valence-corrected chi connectivity index (χ0v) is 10.5. The minimum atomic E-state index is -0.996. The third-order valence-electron chi connectivity index (χ3n) is 2.04. The number of carboxylic acid groups (broad SMARTS) is 1. The monoisotopic (exact) mass is 254 g/mol. The smallest absolute Gasteiger partial charge is 0.336 e. The fourth-order valence-corrected chi connectivity index (χ4v) is 2.23. The highest BCUT2D eigenvalue weighted by molar-refractivity contribution is 8.00. The minimum Gasteiger partial charge on any atom is -0.478 e. The molecule has 0 aliphatic carbocycles. The third-order valence-corrected chi connectivity index (χ3v) is 3.20. The van der Waals surface area contributed by atoms with Crippen molar-refractivity contribution in [3.05, 3.63) is 29.8 Å². The quantitative estimate of drug-likeness (QED) is 0.646. The molecule has 92 valence electrons. The first-order chi connectivity index (χ1) is 8.06. The second-order valence-corrected chi connectivity index (χ2v) is 4.70. The highest BCUT2D eigenvalue weighted by Gasteiger charge is 2.18. The van der Waals surface area contributed by atoms with Gasteiger partial charge in [0.2, 0.25) is 0 Å². The highest BCUT2D eigenvalue weighted by Crippen LogP contribution is 2.27. The average molecular weight is 254 g/mol. The molecular formula is C12H14O4S. The molecule has 0 bridgehead atoms. The molecule has 0 saturated heterocycles. The number of hydrogen-bond donors (Lipinski definition) is 1. The maximum absolute atomic E-state index is 11.4. The normalized spacial score (nSPS) is 11.9. The summed E-state index contributed by atoms with van der Waals surface area (Å²) >= 11 is 1.19. The predicted molar refractivity (Wildman–Crippen MR) is 65.4 cm³/mol. The van der Waals surface area contributed by atoms with E-state index in [1.807, 2.05) is 0 Å². The van der Waals surface area contributed by atoms with Gasteiger partial charge in [-0.2, -0.15) is 0 Å². The number of ether oxygens (including phenoxy) is 1. The Morgan fingerprint density at radius 1 is 1.41 bits per heavy atom. The maximum atomic E-state index is 11.4. The molecule has 5 heteroatoms. The number of aromatic carboxylic acids is 1. The largest absolute Gasteiger partial charge is 0.478 e. The first-order valence-electron chi connectivity index (χ1n) is 5.21. The highest BCUT2D eigenvalue weighted by atomic mass is 32.2. The number of benzene rings is 1. The Kier molecular flexibility index (Phi) is 5.03. The van der Waals surface area contributed by atoms with Crippen LogP contribution >= 0.6 is 11.8 Å². The summed E-state index contributed by atoms with van der Waals surface area (Å²) in [5.41, 5.74) is 0.202. The molecule has 1 aromatic rings. The van der Waals surface area contributed by atoms with Crippen molar-refractivity contribution in [2.24, 2.45) is 0 Å². The van der Waals surface area contributed by atoms with Gasteiger partial charge in [-0.3, -0.25) is 4.79 Å². The van der Waals surface area contributed by atoms with Crippen LogP contribution in [0.1, 0.15) is 24.2 Å². The van der Waals surface area contributed by atoms with Crippen LogP contribution in [0.15, 0.2) is 29.2 Å². The van der Waals surface area contributed by atoms with Gasteiger partial charge in [0.15, 0.2) is 0 Å². The van der Waals surface area contributed by atoms with E-state index in [-0.39, 0.29) is 11.5 Å². The topological polar surface area (TPSA) is 63.6 Å². The lowest BCUT2D eigenvalue weighted by molar-refractivity contribution is -0.142. The summed E-state index contributed by atoms with van der Waals surface area (Å²) in [6, 6.07) is 6.60. The van der Waals surface area contributed by atoms with Gasteiger partial charge in [0, 0.05) is 4.90 Å². The molecule has 1 atom stereocenters. The van der Waals surface area contributed by atoms with Crippen molar-refractivity contribution < 1.29 is 19.4 Å². The Bertz CT molecular complexity index is 417. The van der Waals surface area contributed by atoms with E-state index in [4.69, 9.17) is 9.84 Å². The summed E-state index contributed by atoms with van der Waals surface area (Å²) < 4.78 is 4.87. The van der Waals surface area contributed by atoms with Crippen molar-refractivity contribution in [2.45, 2.75) is 24.0 Å². The molecular weight excluding hydrogens is 240 g/mol. The summed E-state index contributed by atoms with van der Waals surface area (Å²) in [6.07, 6.45) is 0. The average Bonchev–Trinajstić information content (AvgIpc) is 2.29. The van der Waals surface area contributed by atoms with Crippen LogP contribution in [0.4, 0.5) is 0 Å². The lowest BCUT2D eigenvalue weighted by atomic mass is 10.2. The molecule has 0 heterocycles. The standard InChI is InChI=1S/C12H14O4S/c1-3-16-12(15)8(2)17-10-7-5-4-6-9(10)11(13)14/h4-8H,3H2,1-2H3,(H,13,14). The van der Waals surface area contributed by atoms with Gasteiger partial charge in [0.05, 0.1) is 12.2 Å². The van der Waals surface area contributed by atoms with E-state index in [0.29, 0.717) is 11.5 Å². The molecule has 4 nitrogen and oxygen atoms in total. The first kappa shape index (κ1) is 13.6. The minimum absolute atomic E-state index is 0.202. The number of thioether (sulfide) groups is 1. The van der Waals surface area contributed by atoms with Gasteiger partial charge < -0.3 is 9.84 Å². The van der Waals surface area contributed by atoms with E-state index in [1.165, 1.54) is 17.8 Å². The SMILES string of the molecule is CCOC(=O)C(C)Sc1ccccc1C(=O)O. The fraction of sp³-hybridized carbons (Fsp3) is 0.333. The van der Waals surface area contributed by atoms with Crippen LogP contribution in [0, 0.1) is 0 Å². The van der Waals surface area contributed by atoms with Crippen LogP contribution < -0.4 is 0 Å². The van der Waals surface area contributed by atoms with Crippen molar-refractivity contribution in [3.63, 3.8) is 0 Å². The van der Waals surface area contributed by atoms with Gasteiger partial charge in [0.25, 0.3) is 0 Å². The van der Waals surface area contributed by atoms with E-state index >= 15 is 0 Å². The lowest BCUT2D eigenvalue weighted by Crippen LogP contribution is -2.17. The van der Waals surface area contributed by atoms with Crippen molar-refractivity contribution in [1.82, 2.24) is 0 Å². The fourth-order valence-electron chi connectivity index (χ4n) is 1.24. The summed E-state index contributed by atoms with van der Waals surface area (Å²) in [5, 5.41) is 8.57. The second-order valence-electron chi connectivity index (χ2n) is 3.31. The van der Waals surface area contributed by atoms with Gasteiger partial charge in [0.1, 0.15) is 5.25 Å². The van der Waals surface area contributed by atoms with Crippen LogP contribution in [0.2, 0.25) is 0 Å². The van der Waals surface area contributed by atoms with E-state index in [9.17, 15) is 9.59 Å². The van der Waals surface area contributed by atoms with Crippen LogP contribution in [0.3, 0.4) is 0 Å². The Hall–Kier alpha value is -1.49. The molecule has 0 amide bonds. The first-order valence-corrected chi connectivity index (χ1v) is 6.09. The Morgan fingerprint density at radius 3 is 2.65 bits per heavy atom. The van der Waals surface area contributed by atoms with Crippen LogP contribution in [0.5, 0.6) is 0 Å². The lowest BCUT2D eigenvalue weighted by Gasteiger charge is -2.11. The molecule has 0 fully saturated rings. The van der Waals surface area contributed by atoms with Crippen molar-refractivity contribution >= 4 is 23.7 Å². The molecule has 0 radical (unpaired) electrons. The van der Waals surface area contributed by atoms with Gasteiger partial charge in [-0.25, -0.2) is 4.79 Å². The predicted octanol–water partition coefficient (Wildman–Crippen LogP) is 2.43. The van der Waals surface area contributed by atoms with Crippen LogP contribution in [-0.2, 0) is 9.53 Å². The van der Waals surface area contributed by atoms with Gasteiger partial charge in [-0.15, -0.1) is 11.8 Å². The Morgan fingerprint density at radius 2 is 2.06 bits per heavy atom. The molecule has 17 heavy (non-hydrogen) atoms. The van der Waals surface area contributed by atoms with Crippen molar-refractivity contribution in [3.8, 4) is 0 Å². The third kappa shape index (κ3) is 3.78. The Balaban J connectivity index is 2.81.